The molecule has 1 aliphatic heterocycles. The van der Waals surface area contributed by atoms with Crippen molar-refractivity contribution in [3.8, 4) is 17.1 Å². The maximum Gasteiger partial charge on any atom is 0.258 e. The quantitative estimate of drug-likeness (QED) is 0.439. The lowest BCUT2D eigenvalue weighted by Gasteiger charge is -2.36. The summed E-state index contributed by atoms with van der Waals surface area (Å²) < 4.78 is 11.2. The molecule has 0 saturated heterocycles. The van der Waals surface area contributed by atoms with Crippen LogP contribution in [0.15, 0.2) is 71.4 Å². The molecule has 1 N–H and O–H groups in total. The first-order valence-corrected chi connectivity index (χ1v) is 10.4. The molecule has 158 valence electrons. The van der Waals surface area contributed by atoms with E-state index >= 15 is 0 Å². The van der Waals surface area contributed by atoms with Crippen molar-refractivity contribution < 1.29 is 9.26 Å². The van der Waals surface area contributed by atoms with Crippen molar-refractivity contribution >= 4 is 22.9 Å². The first kappa shape index (κ1) is 20.8. The van der Waals surface area contributed by atoms with Gasteiger partial charge in [-0.05, 0) is 49.8 Å². The molecule has 6 nitrogen and oxygen atoms in total. The Morgan fingerprint density at radius 2 is 2.03 bits per heavy atom. The lowest BCUT2D eigenvalue weighted by atomic mass is 9.94. The Morgan fingerprint density at radius 1 is 1.23 bits per heavy atom. The van der Waals surface area contributed by atoms with Crippen LogP contribution in [0.3, 0.4) is 0 Å². The molecular weight excluding hydrogens is 408 g/mol. The minimum Gasteiger partial charge on any atom is -0.497 e. The van der Waals surface area contributed by atoms with E-state index in [2.05, 4.69) is 17.1 Å². The summed E-state index contributed by atoms with van der Waals surface area (Å²) in [5, 5.41) is 8.29. The van der Waals surface area contributed by atoms with Crippen molar-refractivity contribution in [3.05, 3.63) is 83.9 Å². The number of hydrogen-bond acceptors (Lipinski definition) is 5. The highest BCUT2D eigenvalue weighted by Crippen LogP contribution is 2.38. The van der Waals surface area contributed by atoms with E-state index in [0.29, 0.717) is 23.4 Å². The first-order chi connectivity index (χ1) is 15.0. The number of thiocarbonyl (C=S) groups is 1. The van der Waals surface area contributed by atoms with E-state index in [1.165, 1.54) is 0 Å². The number of aryl methyl sites for hydroxylation is 1. The highest BCUT2D eigenvalue weighted by molar-refractivity contribution is 7.80. The number of ether oxygens (including phenoxy) is 1. The van der Waals surface area contributed by atoms with Gasteiger partial charge in [0.1, 0.15) is 5.75 Å². The van der Waals surface area contributed by atoms with Crippen LogP contribution >= 0.6 is 12.2 Å². The molecule has 0 saturated carbocycles. The summed E-state index contributed by atoms with van der Waals surface area (Å²) in [7, 11) is 1.65. The van der Waals surface area contributed by atoms with E-state index < -0.39 is 0 Å². The normalized spacial score (nSPS) is 16.3. The van der Waals surface area contributed by atoms with E-state index in [-0.39, 0.29) is 6.04 Å². The summed E-state index contributed by atoms with van der Waals surface area (Å²) >= 11 is 5.64. The minimum atomic E-state index is -0.255. The molecule has 31 heavy (non-hydrogen) atoms. The molecule has 0 fully saturated rings. The highest BCUT2D eigenvalue weighted by Gasteiger charge is 2.33. The van der Waals surface area contributed by atoms with Crippen LogP contribution in [0.5, 0.6) is 5.75 Å². The molecule has 2 aromatic carbocycles. The summed E-state index contributed by atoms with van der Waals surface area (Å²) in [5.41, 5.74) is 4.85. The number of hydrogen-bond donors (Lipinski definition) is 1. The van der Waals surface area contributed by atoms with Gasteiger partial charge in [-0.3, -0.25) is 0 Å². The van der Waals surface area contributed by atoms with Gasteiger partial charge in [0.05, 0.1) is 18.7 Å². The zero-order valence-electron chi connectivity index (χ0n) is 17.8. The van der Waals surface area contributed by atoms with Crippen LogP contribution in [0, 0.1) is 6.92 Å². The van der Waals surface area contributed by atoms with Gasteiger partial charge in [0.2, 0.25) is 5.82 Å². The maximum absolute atomic E-state index is 5.75. The molecule has 3 aromatic rings. The van der Waals surface area contributed by atoms with Crippen LogP contribution in [0.4, 0.5) is 0 Å². The number of aromatic nitrogens is 2. The third-order valence-corrected chi connectivity index (χ3v) is 5.61. The summed E-state index contributed by atoms with van der Waals surface area (Å²) in [6.07, 6.45) is 1.81. The van der Waals surface area contributed by atoms with Crippen molar-refractivity contribution in [1.82, 2.24) is 20.4 Å². The van der Waals surface area contributed by atoms with Gasteiger partial charge in [-0.25, -0.2) is 0 Å². The third-order valence-electron chi connectivity index (χ3n) is 5.27. The number of allylic oxidation sites excluding steroid dienone is 1. The van der Waals surface area contributed by atoms with Crippen LogP contribution in [-0.2, 0) is 0 Å². The molecule has 4 rings (SSSR count). The molecule has 1 atom stereocenters. The van der Waals surface area contributed by atoms with Crippen LogP contribution in [-0.4, -0.2) is 33.8 Å². The number of rotatable bonds is 6. The van der Waals surface area contributed by atoms with Crippen molar-refractivity contribution in [2.24, 2.45) is 0 Å². The Balaban J connectivity index is 1.83. The van der Waals surface area contributed by atoms with Gasteiger partial charge >= 0.3 is 0 Å². The molecule has 0 spiro atoms. The molecule has 0 bridgehead atoms. The van der Waals surface area contributed by atoms with Gasteiger partial charge in [-0.1, -0.05) is 47.1 Å². The largest absolute Gasteiger partial charge is 0.497 e. The van der Waals surface area contributed by atoms with E-state index in [1.807, 2.05) is 73.4 Å². The summed E-state index contributed by atoms with van der Waals surface area (Å²) in [6, 6.07) is 15.6. The van der Waals surface area contributed by atoms with Gasteiger partial charge in [0.15, 0.2) is 5.11 Å². The number of benzene rings is 2. The fourth-order valence-electron chi connectivity index (χ4n) is 3.71. The van der Waals surface area contributed by atoms with E-state index in [4.69, 9.17) is 26.5 Å². The van der Waals surface area contributed by atoms with Gasteiger partial charge in [0.25, 0.3) is 5.89 Å². The Hall–Kier alpha value is -3.45. The molecular formula is C24H24N4O2S. The van der Waals surface area contributed by atoms with Crippen LogP contribution in [0.1, 0.15) is 30.0 Å². The van der Waals surface area contributed by atoms with E-state index in [1.54, 1.807) is 7.11 Å². The molecule has 0 aliphatic carbocycles. The number of nitrogens with zero attached hydrogens (tertiary/aromatic N) is 3. The second-order valence-corrected chi connectivity index (χ2v) is 7.74. The molecule has 1 aliphatic rings. The average Bonchev–Trinajstić information content (AvgIpc) is 3.26. The monoisotopic (exact) mass is 432 g/mol. The topological polar surface area (TPSA) is 63.4 Å². The predicted octanol–water partition coefficient (Wildman–Crippen LogP) is 4.90. The second-order valence-electron chi connectivity index (χ2n) is 7.35. The fraction of sp³-hybridized carbons (Fsp3) is 0.208. The Kier molecular flexibility index (Phi) is 5.86. The second kappa shape index (κ2) is 8.73. The van der Waals surface area contributed by atoms with Crippen LogP contribution in [0.25, 0.3) is 17.0 Å². The average molecular weight is 433 g/mol. The highest BCUT2D eigenvalue weighted by atomic mass is 32.1. The Morgan fingerprint density at radius 3 is 2.77 bits per heavy atom. The zero-order valence-corrected chi connectivity index (χ0v) is 18.6. The van der Waals surface area contributed by atoms with Gasteiger partial charge in [0, 0.05) is 17.8 Å². The maximum atomic E-state index is 5.75. The molecule has 1 aromatic heterocycles. The smallest absolute Gasteiger partial charge is 0.258 e. The van der Waals surface area contributed by atoms with Gasteiger partial charge in [-0.15, -0.1) is 6.58 Å². The summed E-state index contributed by atoms with van der Waals surface area (Å²) in [5.74, 6) is 1.76. The van der Waals surface area contributed by atoms with Gasteiger partial charge < -0.3 is 19.5 Å². The van der Waals surface area contributed by atoms with Gasteiger partial charge in [-0.2, -0.15) is 4.98 Å². The molecule has 0 amide bonds. The molecule has 7 heteroatoms. The fourth-order valence-corrected chi connectivity index (χ4v) is 4.04. The van der Waals surface area contributed by atoms with Crippen LogP contribution < -0.4 is 10.1 Å². The summed E-state index contributed by atoms with van der Waals surface area (Å²) in [4.78, 5) is 6.71. The van der Waals surface area contributed by atoms with E-state index in [9.17, 15) is 0 Å². The van der Waals surface area contributed by atoms with E-state index in [0.717, 1.165) is 33.7 Å². The third kappa shape index (κ3) is 4.09. The number of nitrogens with one attached hydrogen (secondary N) is 1. The van der Waals surface area contributed by atoms with Crippen molar-refractivity contribution in [2.75, 3.05) is 13.7 Å². The lowest BCUT2D eigenvalue weighted by Crippen LogP contribution is -2.45. The molecule has 0 radical (unpaired) electrons. The minimum absolute atomic E-state index is 0.255. The summed E-state index contributed by atoms with van der Waals surface area (Å²) in [6.45, 7) is 8.47. The van der Waals surface area contributed by atoms with Crippen LogP contribution in [0.2, 0.25) is 0 Å². The first-order valence-electron chi connectivity index (χ1n) is 9.96. The SMILES string of the molecule is C=CCN1C(=S)NC(c2cccc(OC)c2)C(c2nc(-c3cccc(C)c3)no2)=C1C. The Labute approximate surface area is 187 Å². The zero-order chi connectivity index (χ0) is 22.0. The standard InChI is InChI=1S/C24H24N4O2S/c1-5-12-28-16(3)20(21(25-24(28)31)17-9-7-11-19(14-17)29-4)23-26-22(27-30-23)18-10-6-8-15(2)13-18/h5-11,13-14,21H,1,12H2,2-4H3,(H,25,31). The lowest BCUT2D eigenvalue weighted by molar-refractivity contribution is 0.398. The molecule has 2 heterocycles. The predicted molar refractivity (Wildman–Crippen MR) is 125 cm³/mol. The number of methoxy groups -OCH3 is 1. The molecule has 1 unspecified atom stereocenters. The van der Waals surface area contributed by atoms with Crippen molar-refractivity contribution in [1.29, 1.82) is 0 Å². The van der Waals surface area contributed by atoms with Crippen molar-refractivity contribution in [2.45, 2.75) is 19.9 Å². The van der Waals surface area contributed by atoms with Crippen molar-refractivity contribution in [3.63, 3.8) is 0 Å². The Bertz CT molecular complexity index is 1170.